The van der Waals surface area contributed by atoms with Crippen LogP contribution in [0.1, 0.15) is 0 Å². The molecular formula is C48H28N4O. The molecular weight excluding hydrogens is 649 g/mol. The van der Waals surface area contributed by atoms with Crippen molar-refractivity contribution in [3.63, 3.8) is 0 Å². The monoisotopic (exact) mass is 676 g/mol. The van der Waals surface area contributed by atoms with Gasteiger partial charge in [0.1, 0.15) is 22.2 Å². The van der Waals surface area contributed by atoms with Gasteiger partial charge in [-0.3, -0.25) is 4.57 Å². The van der Waals surface area contributed by atoms with Crippen molar-refractivity contribution in [1.82, 2.24) is 19.1 Å². The first-order valence-electron chi connectivity index (χ1n) is 17.9. The molecule has 0 aliphatic heterocycles. The number of aromatic nitrogens is 4. The van der Waals surface area contributed by atoms with Crippen molar-refractivity contribution in [2.24, 2.45) is 0 Å². The first kappa shape index (κ1) is 28.5. The Balaban J connectivity index is 1.33. The summed E-state index contributed by atoms with van der Waals surface area (Å²) >= 11 is 0. The maximum absolute atomic E-state index is 6.51. The number of hydrogen-bond donors (Lipinski definition) is 0. The van der Waals surface area contributed by atoms with E-state index in [0.717, 1.165) is 88.1 Å². The van der Waals surface area contributed by atoms with Gasteiger partial charge in [-0.15, -0.1) is 0 Å². The molecule has 8 aromatic carbocycles. The van der Waals surface area contributed by atoms with Crippen molar-refractivity contribution in [1.29, 1.82) is 0 Å². The fourth-order valence-corrected chi connectivity index (χ4v) is 8.50. The second kappa shape index (κ2) is 10.6. The molecule has 12 rings (SSSR count). The van der Waals surface area contributed by atoms with Crippen molar-refractivity contribution >= 4 is 87.2 Å². The number of para-hydroxylation sites is 2. The minimum absolute atomic E-state index is 0.675. The van der Waals surface area contributed by atoms with Crippen LogP contribution in [-0.4, -0.2) is 19.1 Å². The van der Waals surface area contributed by atoms with E-state index in [1.54, 1.807) is 0 Å². The molecule has 0 N–H and O–H groups in total. The molecule has 0 bridgehead atoms. The third kappa shape index (κ3) is 4.02. The highest BCUT2D eigenvalue weighted by atomic mass is 16.3. The number of fused-ring (bicyclic) bond motifs is 11. The molecule has 0 radical (unpaired) electrons. The number of benzene rings is 8. The second-order valence-corrected chi connectivity index (χ2v) is 13.8. The van der Waals surface area contributed by atoms with E-state index in [9.17, 15) is 0 Å². The first-order valence-corrected chi connectivity index (χ1v) is 17.9. The highest BCUT2D eigenvalue weighted by molar-refractivity contribution is 6.19. The quantitative estimate of drug-likeness (QED) is 0.187. The van der Waals surface area contributed by atoms with Gasteiger partial charge in [-0.05, 0) is 52.6 Å². The standard InChI is InChI=1S/C48H28N4O/c1-2-14-30(15-3-1)47-49-45-38-25-31-16-4-5-17-32(31)26-41(38)51(39-23-12-18-29-13-6-7-19-33(29)39)46(45)48(50-47)52-40-22-10-8-20-34(40)36-27-37-35-21-9-11-24-43(35)53-44(37)28-42(36)52/h1-28H. The van der Waals surface area contributed by atoms with E-state index in [1.165, 1.54) is 16.2 Å². The van der Waals surface area contributed by atoms with Crippen molar-refractivity contribution in [2.45, 2.75) is 0 Å². The predicted octanol–water partition coefficient (Wildman–Crippen LogP) is 12.5. The summed E-state index contributed by atoms with van der Waals surface area (Å²) in [4.78, 5) is 11.0. The lowest BCUT2D eigenvalue weighted by Gasteiger charge is -2.16. The van der Waals surface area contributed by atoms with Gasteiger partial charge < -0.3 is 8.98 Å². The van der Waals surface area contributed by atoms with Crippen molar-refractivity contribution < 1.29 is 4.42 Å². The average molecular weight is 677 g/mol. The molecule has 0 fully saturated rings. The van der Waals surface area contributed by atoms with Gasteiger partial charge >= 0.3 is 0 Å². The number of hydrogen-bond acceptors (Lipinski definition) is 3. The van der Waals surface area contributed by atoms with Crippen LogP contribution >= 0.6 is 0 Å². The molecule has 4 heterocycles. The Hall–Kier alpha value is -7.24. The molecule has 5 heteroatoms. The molecule has 0 unspecified atom stereocenters. The summed E-state index contributed by atoms with van der Waals surface area (Å²) in [5.41, 5.74) is 8.78. The van der Waals surface area contributed by atoms with E-state index < -0.39 is 0 Å². The summed E-state index contributed by atoms with van der Waals surface area (Å²) in [6, 6.07) is 60.1. The van der Waals surface area contributed by atoms with Gasteiger partial charge in [-0.25, -0.2) is 9.97 Å². The van der Waals surface area contributed by atoms with Crippen LogP contribution in [0.4, 0.5) is 0 Å². The van der Waals surface area contributed by atoms with Gasteiger partial charge in [0.25, 0.3) is 0 Å². The minimum atomic E-state index is 0.675. The van der Waals surface area contributed by atoms with Crippen LogP contribution in [0.25, 0.3) is 110 Å². The van der Waals surface area contributed by atoms with Gasteiger partial charge in [-0.1, -0.05) is 127 Å². The highest BCUT2D eigenvalue weighted by Crippen LogP contribution is 2.43. The zero-order chi connectivity index (χ0) is 34.6. The minimum Gasteiger partial charge on any atom is -0.456 e. The molecule has 0 atom stereocenters. The Bertz CT molecular complexity index is 3450. The Morgan fingerprint density at radius 3 is 1.94 bits per heavy atom. The Morgan fingerprint density at radius 1 is 0.396 bits per heavy atom. The largest absolute Gasteiger partial charge is 0.456 e. The Labute approximate surface area is 302 Å². The summed E-state index contributed by atoms with van der Waals surface area (Å²) in [5, 5.41) is 10.3. The second-order valence-electron chi connectivity index (χ2n) is 13.8. The van der Waals surface area contributed by atoms with Gasteiger partial charge in [-0.2, -0.15) is 0 Å². The normalized spacial score (nSPS) is 12.2. The molecule has 0 amide bonds. The summed E-state index contributed by atoms with van der Waals surface area (Å²) in [5.74, 6) is 1.48. The maximum atomic E-state index is 6.51. The Morgan fingerprint density at radius 2 is 1.08 bits per heavy atom. The molecule has 12 aromatic rings. The van der Waals surface area contributed by atoms with Gasteiger partial charge in [0, 0.05) is 43.9 Å². The SMILES string of the molecule is c1ccc(-c2nc(-n3c4ccccc4c4cc5c(cc43)oc3ccccc35)c3c(n2)c2cc4ccccc4cc2n3-c2cccc3ccccc23)cc1. The fourth-order valence-electron chi connectivity index (χ4n) is 8.50. The zero-order valence-electron chi connectivity index (χ0n) is 28.4. The van der Waals surface area contributed by atoms with Crippen molar-refractivity contribution in [2.75, 3.05) is 0 Å². The third-order valence-corrected chi connectivity index (χ3v) is 10.9. The summed E-state index contributed by atoms with van der Waals surface area (Å²) in [6.07, 6.45) is 0. The summed E-state index contributed by atoms with van der Waals surface area (Å²) in [6.45, 7) is 0. The molecule has 0 aliphatic rings. The summed E-state index contributed by atoms with van der Waals surface area (Å²) in [7, 11) is 0. The zero-order valence-corrected chi connectivity index (χ0v) is 28.4. The van der Waals surface area contributed by atoms with Crippen LogP contribution in [0.15, 0.2) is 174 Å². The predicted molar refractivity (Wildman–Crippen MR) is 218 cm³/mol. The van der Waals surface area contributed by atoms with Gasteiger partial charge in [0.2, 0.25) is 0 Å². The molecule has 0 saturated carbocycles. The number of furan rings is 1. The van der Waals surface area contributed by atoms with Crippen LogP contribution in [-0.2, 0) is 0 Å². The summed E-state index contributed by atoms with van der Waals surface area (Å²) < 4.78 is 11.2. The average Bonchev–Trinajstić information content (AvgIpc) is 3.86. The lowest BCUT2D eigenvalue weighted by atomic mass is 10.1. The van der Waals surface area contributed by atoms with E-state index in [2.05, 4.69) is 149 Å². The van der Waals surface area contributed by atoms with E-state index in [0.29, 0.717) is 5.82 Å². The topological polar surface area (TPSA) is 48.8 Å². The van der Waals surface area contributed by atoms with Gasteiger partial charge in [0.05, 0.1) is 22.2 Å². The van der Waals surface area contributed by atoms with Crippen LogP contribution in [0.3, 0.4) is 0 Å². The number of nitrogens with zero attached hydrogens (tertiary/aromatic N) is 4. The highest BCUT2D eigenvalue weighted by Gasteiger charge is 2.25. The molecule has 53 heavy (non-hydrogen) atoms. The first-order chi connectivity index (χ1) is 26.3. The molecule has 4 aromatic heterocycles. The molecule has 0 aliphatic carbocycles. The molecule has 5 nitrogen and oxygen atoms in total. The smallest absolute Gasteiger partial charge is 0.166 e. The van der Waals surface area contributed by atoms with E-state index in [1.807, 2.05) is 30.3 Å². The lowest BCUT2D eigenvalue weighted by molar-refractivity contribution is 0.669. The van der Waals surface area contributed by atoms with Crippen LogP contribution in [0.2, 0.25) is 0 Å². The van der Waals surface area contributed by atoms with Gasteiger partial charge in [0.15, 0.2) is 11.6 Å². The van der Waals surface area contributed by atoms with E-state index in [4.69, 9.17) is 14.4 Å². The maximum Gasteiger partial charge on any atom is 0.166 e. The van der Waals surface area contributed by atoms with E-state index >= 15 is 0 Å². The lowest BCUT2D eigenvalue weighted by Crippen LogP contribution is -2.06. The van der Waals surface area contributed by atoms with Crippen molar-refractivity contribution in [3.8, 4) is 22.9 Å². The van der Waals surface area contributed by atoms with Crippen LogP contribution < -0.4 is 0 Å². The van der Waals surface area contributed by atoms with Crippen LogP contribution in [0, 0.1) is 0 Å². The van der Waals surface area contributed by atoms with Crippen molar-refractivity contribution in [3.05, 3.63) is 170 Å². The third-order valence-electron chi connectivity index (χ3n) is 10.9. The van der Waals surface area contributed by atoms with E-state index in [-0.39, 0.29) is 0 Å². The fraction of sp³-hybridized carbons (Fsp3) is 0. The number of rotatable bonds is 3. The van der Waals surface area contributed by atoms with Crippen LogP contribution in [0.5, 0.6) is 0 Å². The molecule has 246 valence electrons. The molecule has 0 saturated heterocycles. The Kier molecular flexibility index (Phi) is 5.71. The molecule has 0 spiro atoms.